The third-order valence-electron chi connectivity index (χ3n) is 4.29. The molecule has 0 unspecified atom stereocenters. The van der Waals surface area contributed by atoms with Crippen LogP contribution in [0.4, 0.5) is 4.79 Å². The number of rotatable bonds is 3. The molecule has 1 saturated heterocycles. The molecular formula is C17H20N2O3. The van der Waals surface area contributed by atoms with Crippen molar-refractivity contribution in [2.24, 2.45) is 0 Å². The van der Waals surface area contributed by atoms with Crippen LogP contribution in [0.2, 0.25) is 0 Å². The van der Waals surface area contributed by atoms with Crippen molar-refractivity contribution < 1.29 is 14.3 Å². The lowest BCUT2D eigenvalue weighted by molar-refractivity contribution is -0.124. The average molecular weight is 300 g/mol. The average Bonchev–Trinajstić information content (AvgIpc) is 2.83. The number of imide groups is 1. The summed E-state index contributed by atoms with van der Waals surface area (Å²) in [5.41, 5.74) is 1.10. The molecule has 22 heavy (non-hydrogen) atoms. The molecule has 5 nitrogen and oxygen atoms in total. The Morgan fingerprint density at radius 1 is 1.18 bits per heavy atom. The molecular weight excluding hydrogens is 280 g/mol. The van der Waals surface area contributed by atoms with E-state index >= 15 is 0 Å². The van der Waals surface area contributed by atoms with E-state index in [1.165, 1.54) is 11.3 Å². The fourth-order valence-corrected chi connectivity index (χ4v) is 3.16. The number of carbonyl (C=O) groups excluding carboxylic acids is 2. The van der Waals surface area contributed by atoms with Crippen LogP contribution in [0, 0.1) is 0 Å². The van der Waals surface area contributed by atoms with Crippen molar-refractivity contribution in [3.63, 3.8) is 0 Å². The Hall–Kier alpha value is -2.30. The summed E-state index contributed by atoms with van der Waals surface area (Å²) in [5, 5.41) is 2.69. The maximum atomic E-state index is 12.6. The number of hydrogen-bond acceptors (Lipinski definition) is 3. The lowest BCUT2D eigenvalue weighted by Crippen LogP contribution is -2.41. The van der Waals surface area contributed by atoms with Gasteiger partial charge in [-0.2, -0.15) is 0 Å². The zero-order chi connectivity index (χ0) is 15.5. The normalized spacial score (nSPS) is 21.3. The van der Waals surface area contributed by atoms with Gasteiger partial charge in [-0.25, -0.2) is 4.79 Å². The molecule has 1 aliphatic heterocycles. The van der Waals surface area contributed by atoms with E-state index in [2.05, 4.69) is 5.32 Å². The molecule has 2 aliphatic rings. The summed E-state index contributed by atoms with van der Waals surface area (Å²) in [6.45, 7) is 0. The summed E-state index contributed by atoms with van der Waals surface area (Å²) >= 11 is 0. The smallest absolute Gasteiger partial charge is 0.329 e. The van der Waals surface area contributed by atoms with Crippen molar-refractivity contribution in [2.75, 3.05) is 7.11 Å². The fraction of sp³-hybridized carbons (Fsp3) is 0.412. The van der Waals surface area contributed by atoms with Gasteiger partial charge in [-0.3, -0.25) is 9.69 Å². The topological polar surface area (TPSA) is 58.6 Å². The molecule has 5 heteroatoms. The molecule has 2 fully saturated rings. The predicted octanol–water partition coefficient (Wildman–Crippen LogP) is 2.92. The minimum atomic E-state index is -0.307. The molecule has 1 aliphatic carbocycles. The first-order valence-electron chi connectivity index (χ1n) is 7.70. The third-order valence-corrected chi connectivity index (χ3v) is 4.29. The minimum absolute atomic E-state index is 0.0322. The number of benzene rings is 1. The van der Waals surface area contributed by atoms with Crippen LogP contribution in [0.5, 0.6) is 5.75 Å². The van der Waals surface area contributed by atoms with Crippen molar-refractivity contribution in [1.29, 1.82) is 0 Å². The van der Waals surface area contributed by atoms with Crippen LogP contribution < -0.4 is 10.1 Å². The molecule has 1 heterocycles. The maximum absolute atomic E-state index is 12.6. The number of urea groups is 1. The third kappa shape index (κ3) is 2.71. The Balaban J connectivity index is 1.85. The van der Waals surface area contributed by atoms with Gasteiger partial charge in [0.1, 0.15) is 11.4 Å². The zero-order valence-corrected chi connectivity index (χ0v) is 12.7. The highest BCUT2D eigenvalue weighted by molar-refractivity contribution is 6.14. The molecule has 1 aromatic carbocycles. The molecule has 3 rings (SSSR count). The van der Waals surface area contributed by atoms with Gasteiger partial charge in [0.25, 0.3) is 5.91 Å². The van der Waals surface area contributed by atoms with Crippen molar-refractivity contribution in [3.05, 3.63) is 35.5 Å². The van der Waals surface area contributed by atoms with Crippen LogP contribution in [0.3, 0.4) is 0 Å². The Bertz CT molecular complexity index is 618. The van der Waals surface area contributed by atoms with Crippen LogP contribution in [-0.4, -0.2) is 30.0 Å². The van der Waals surface area contributed by atoms with Crippen LogP contribution in [0.1, 0.15) is 37.7 Å². The van der Waals surface area contributed by atoms with E-state index in [0.717, 1.165) is 31.2 Å². The van der Waals surface area contributed by atoms with Crippen LogP contribution in [0.25, 0.3) is 6.08 Å². The number of nitrogens with one attached hydrogen (secondary N) is 1. The second kappa shape index (κ2) is 6.22. The molecule has 116 valence electrons. The van der Waals surface area contributed by atoms with E-state index < -0.39 is 0 Å². The molecule has 1 aromatic rings. The lowest BCUT2D eigenvalue weighted by Gasteiger charge is -2.28. The fourth-order valence-electron chi connectivity index (χ4n) is 3.16. The van der Waals surface area contributed by atoms with Gasteiger partial charge in [-0.15, -0.1) is 0 Å². The van der Waals surface area contributed by atoms with Crippen molar-refractivity contribution in [3.8, 4) is 5.75 Å². The zero-order valence-electron chi connectivity index (χ0n) is 12.7. The summed E-state index contributed by atoms with van der Waals surface area (Å²) in [4.78, 5) is 26.1. The van der Waals surface area contributed by atoms with E-state index in [0.29, 0.717) is 11.4 Å². The van der Waals surface area contributed by atoms with E-state index in [1.54, 1.807) is 13.2 Å². The van der Waals surface area contributed by atoms with Crippen molar-refractivity contribution >= 4 is 18.0 Å². The first-order valence-corrected chi connectivity index (χ1v) is 7.70. The number of amides is 3. The molecule has 0 bridgehead atoms. The predicted molar refractivity (Wildman–Crippen MR) is 83.2 cm³/mol. The Morgan fingerprint density at radius 2 is 1.91 bits per heavy atom. The summed E-state index contributed by atoms with van der Waals surface area (Å²) in [6, 6.07) is 7.14. The summed E-state index contributed by atoms with van der Waals surface area (Å²) in [6.07, 6.45) is 6.83. The van der Waals surface area contributed by atoms with Gasteiger partial charge in [0.15, 0.2) is 0 Å². The summed E-state index contributed by atoms with van der Waals surface area (Å²) in [7, 11) is 1.58. The van der Waals surface area contributed by atoms with Crippen molar-refractivity contribution in [2.45, 2.75) is 38.1 Å². The van der Waals surface area contributed by atoms with Crippen LogP contribution in [-0.2, 0) is 4.79 Å². The quantitative estimate of drug-likeness (QED) is 0.689. The highest BCUT2D eigenvalue weighted by Gasteiger charge is 2.38. The Morgan fingerprint density at radius 3 is 2.64 bits per heavy atom. The van der Waals surface area contributed by atoms with E-state index in [4.69, 9.17) is 4.74 Å². The molecule has 0 radical (unpaired) electrons. The second-order valence-corrected chi connectivity index (χ2v) is 5.70. The molecule has 0 atom stereocenters. The summed E-state index contributed by atoms with van der Waals surface area (Å²) in [5.74, 6) is 0.441. The first-order chi connectivity index (χ1) is 10.7. The number of hydrogen-bond donors (Lipinski definition) is 1. The van der Waals surface area contributed by atoms with E-state index in [-0.39, 0.29) is 18.0 Å². The molecule has 3 amide bonds. The van der Waals surface area contributed by atoms with Gasteiger partial charge in [-0.05, 0) is 25.0 Å². The SMILES string of the molecule is COc1ccccc1/C=C1\NC(=O)N(C2CCCCC2)C1=O. The van der Waals surface area contributed by atoms with Crippen molar-refractivity contribution in [1.82, 2.24) is 10.2 Å². The van der Waals surface area contributed by atoms with Crippen LogP contribution >= 0.6 is 0 Å². The Labute approximate surface area is 129 Å². The second-order valence-electron chi connectivity index (χ2n) is 5.70. The summed E-state index contributed by atoms with van der Waals surface area (Å²) < 4.78 is 5.28. The van der Waals surface area contributed by atoms with Crippen LogP contribution in [0.15, 0.2) is 30.0 Å². The number of nitrogens with zero attached hydrogens (tertiary/aromatic N) is 1. The van der Waals surface area contributed by atoms with E-state index in [1.807, 2.05) is 24.3 Å². The number of para-hydroxylation sites is 1. The maximum Gasteiger partial charge on any atom is 0.329 e. The van der Waals surface area contributed by atoms with Gasteiger partial charge >= 0.3 is 6.03 Å². The lowest BCUT2D eigenvalue weighted by atomic mass is 9.94. The van der Waals surface area contributed by atoms with Gasteiger partial charge in [-0.1, -0.05) is 37.5 Å². The molecule has 1 saturated carbocycles. The molecule has 1 N–H and O–H groups in total. The molecule has 0 aromatic heterocycles. The standard InChI is InChI=1S/C17H20N2O3/c1-22-15-10-6-5-7-12(15)11-14-16(20)19(17(21)18-14)13-8-3-2-4-9-13/h5-7,10-11,13H,2-4,8-9H2,1H3,(H,18,21)/b14-11-. The minimum Gasteiger partial charge on any atom is -0.496 e. The largest absolute Gasteiger partial charge is 0.496 e. The number of ether oxygens (including phenoxy) is 1. The highest BCUT2D eigenvalue weighted by Crippen LogP contribution is 2.28. The van der Waals surface area contributed by atoms with Gasteiger partial charge in [0.2, 0.25) is 0 Å². The van der Waals surface area contributed by atoms with Gasteiger partial charge < -0.3 is 10.1 Å². The highest BCUT2D eigenvalue weighted by atomic mass is 16.5. The number of methoxy groups -OCH3 is 1. The van der Waals surface area contributed by atoms with Gasteiger partial charge in [0, 0.05) is 11.6 Å². The number of carbonyl (C=O) groups is 2. The monoisotopic (exact) mass is 300 g/mol. The van der Waals surface area contributed by atoms with E-state index in [9.17, 15) is 9.59 Å². The van der Waals surface area contributed by atoms with Gasteiger partial charge in [0.05, 0.1) is 7.11 Å². The molecule has 0 spiro atoms. The Kier molecular flexibility index (Phi) is 4.13. The first kappa shape index (κ1) is 14.6.